The van der Waals surface area contributed by atoms with Crippen LogP contribution in [0.25, 0.3) is 0 Å². The van der Waals surface area contributed by atoms with Crippen molar-refractivity contribution in [3.8, 4) is 0 Å². The molecule has 0 aromatic carbocycles. The van der Waals surface area contributed by atoms with Gasteiger partial charge in [0, 0.05) is 18.9 Å². The maximum Gasteiger partial charge on any atom is 0.261 e. The van der Waals surface area contributed by atoms with E-state index in [2.05, 4.69) is 0 Å². The highest BCUT2D eigenvalue weighted by Gasteiger charge is 2.40. The lowest BCUT2D eigenvalue weighted by Gasteiger charge is -2.43. The SMILES string of the molecule is O=C(CCOCC(F)F)C1CCOC2(CCCCC2)C1. The van der Waals surface area contributed by atoms with Gasteiger partial charge in [-0.2, -0.15) is 0 Å². The van der Waals surface area contributed by atoms with E-state index >= 15 is 0 Å². The summed E-state index contributed by atoms with van der Waals surface area (Å²) in [6.45, 7) is 0.173. The number of Topliss-reactive ketones (excluding diaryl/α,β-unsaturated/α-hetero) is 1. The molecule has 0 aromatic rings. The largest absolute Gasteiger partial charge is 0.375 e. The van der Waals surface area contributed by atoms with E-state index in [1.54, 1.807) is 0 Å². The van der Waals surface area contributed by atoms with Crippen molar-refractivity contribution in [3.63, 3.8) is 0 Å². The maximum absolute atomic E-state index is 12.1. The minimum absolute atomic E-state index is 0.0250. The highest BCUT2D eigenvalue weighted by atomic mass is 19.3. The van der Waals surface area contributed by atoms with Gasteiger partial charge in [-0.1, -0.05) is 19.3 Å². The van der Waals surface area contributed by atoms with E-state index in [0.29, 0.717) is 6.61 Å². The molecular weight excluding hydrogens is 266 g/mol. The van der Waals surface area contributed by atoms with Gasteiger partial charge in [-0.15, -0.1) is 0 Å². The lowest BCUT2D eigenvalue weighted by atomic mass is 9.75. The molecule has 0 bridgehead atoms. The molecule has 2 fully saturated rings. The van der Waals surface area contributed by atoms with Gasteiger partial charge in [0.25, 0.3) is 6.43 Å². The van der Waals surface area contributed by atoms with E-state index in [1.165, 1.54) is 19.3 Å². The Labute approximate surface area is 119 Å². The molecule has 3 nitrogen and oxygen atoms in total. The Morgan fingerprint density at radius 3 is 2.75 bits per heavy atom. The lowest BCUT2D eigenvalue weighted by molar-refractivity contribution is -0.144. The fourth-order valence-electron chi connectivity index (χ4n) is 3.40. The van der Waals surface area contributed by atoms with Gasteiger partial charge in [-0.3, -0.25) is 4.79 Å². The maximum atomic E-state index is 12.1. The normalized spacial score (nSPS) is 26.1. The van der Waals surface area contributed by atoms with Crippen LogP contribution in [0.2, 0.25) is 0 Å². The van der Waals surface area contributed by atoms with Crippen LogP contribution in [0.1, 0.15) is 51.4 Å². The van der Waals surface area contributed by atoms with Crippen molar-refractivity contribution in [2.24, 2.45) is 5.92 Å². The van der Waals surface area contributed by atoms with Crippen LogP contribution < -0.4 is 0 Å². The molecular formula is C15H24F2O3. The van der Waals surface area contributed by atoms with Crippen molar-refractivity contribution in [1.82, 2.24) is 0 Å². The Balaban J connectivity index is 1.75. The van der Waals surface area contributed by atoms with E-state index in [4.69, 9.17) is 9.47 Å². The van der Waals surface area contributed by atoms with Crippen molar-refractivity contribution in [3.05, 3.63) is 0 Å². The van der Waals surface area contributed by atoms with E-state index in [1.807, 2.05) is 0 Å². The third kappa shape index (κ3) is 4.48. The number of ether oxygens (including phenoxy) is 2. The minimum Gasteiger partial charge on any atom is -0.375 e. The van der Waals surface area contributed by atoms with Gasteiger partial charge in [0.2, 0.25) is 0 Å². The van der Waals surface area contributed by atoms with Crippen LogP contribution in [0.15, 0.2) is 0 Å². The van der Waals surface area contributed by atoms with Gasteiger partial charge in [-0.05, 0) is 25.7 Å². The summed E-state index contributed by atoms with van der Waals surface area (Å²) >= 11 is 0. The molecule has 1 unspecified atom stereocenters. The first-order valence-corrected chi connectivity index (χ1v) is 7.64. The molecule has 0 radical (unpaired) electrons. The number of hydrogen-bond donors (Lipinski definition) is 0. The molecule has 2 rings (SSSR count). The zero-order chi connectivity index (χ0) is 14.4. The van der Waals surface area contributed by atoms with E-state index in [9.17, 15) is 13.6 Å². The number of ketones is 1. The molecule has 0 aromatic heterocycles. The summed E-state index contributed by atoms with van der Waals surface area (Å²) < 4.78 is 34.6. The highest BCUT2D eigenvalue weighted by molar-refractivity contribution is 5.81. The van der Waals surface area contributed by atoms with Crippen LogP contribution in [0.3, 0.4) is 0 Å². The van der Waals surface area contributed by atoms with Crippen LogP contribution >= 0.6 is 0 Å². The first-order valence-electron chi connectivity index (χ1n) is 7.64. The van der Waals surface area contributed by atoms with Crippen molar-refractivity contribution in [2.75, 3.05) is 19.8 Å². The number of halogens is 2. The summed E-state index contributed by atoms with van der Waals surface area (Å²) in [7, 11) is 0. The fraction of sp³-hybridized carbons (Fsp3) is 0.933. The Morgan fingerprint density at radius 2 is 2.05 bits per heavy atom. The summed E-state index contributed by atoms with van der Waals surface area (Å²) in [5.74, 6) is 0.171. The van der Waals surface area contributed by atoms with E-state index < -0.39 is 13.0 Å². The van der Waals surface area contributed by atoms with Gasteiger partial charge in [0.1, 0.15) is 12.4 Å². The number of rotatable bonds is 6. The van der Waals surface area contributed by atoms with Crippen molar-refractivity contribution >= 4 is 5.78 Å². The molecule has 1 atom stereocenters. The summed E-state index contributed by atoms with van der Waals surface area (Å²) in [5.41, 5.74) is -0.0827. The minimum atomic E-state index is -2.46. The van der Waals surface area contributed by atoms with E-state index in [-0.39, 0.29) is 30.3 Å². The molecule has 1 saturated carbocycles. The average Bonchev–Trinajstić information content (AvgIpc) is 2.44. The second-order valence-corrected chi connectivity index (χ2v) is 5.96. The Morgan fingerprint density at radius 1 is 1.30 bits per heavy atom. The fourth-order valence-corrected chi connectivity index (χ4v) is 3.40. The van der Waals surface area contributed by atoms with Crippen LogP contribution in [0.4, 0.5) is 8.78 Å². The standard InChI is InChI=1S/C15H24F2O3/c16-14(17)11-19-8-5-13(18)12-4-9-20-15(10-12)6-2-1-3-7-15/h12,14H,1-11H2. The highest BCUT2D eigenvalue weighted by Crippen LogP contribution is 2.41. The molecule has 116 valence electrons. The molecule has 2 aliphatic rings. The number of carbonyl (C=O) groups is 1. The van der Waals surface area contributed by atoms with Crippen LogP contribution in [-0.2, 0) is 14.3 Å². The van der Waals surface area contributed by atoms with E-state index in [0.717, 1.165) is 25.7 Å². The second kappa shape index (κ2) is 7.46. The molecule has 1 aliphatic carbocycles. The number of alkyl halides is 2. The third-order valence-electron chi connectivity index (χ3n) is 4.45. The molecule has 1 heterocycles. The zero-order valence-electron chi connectivity index (χ0n) is 11.9. The Hall–Kier alpha value is -0.550. The lowest BCUT2D eigenvalue weighted by Crippen LogP contribution is -2.43. The first kappa shape index (κ1) is 15.8. The van der Waals surface area contributed by atoms with Gasteiger partial charge >= 0.3 is 0 Å². The first-order chi connectivity index (χ1) is 9.61. The molecule has 1 aliphatic heterocycles. The molecule has 0 N–H and O–H groups in total. The van der Waals surface area contributed by atoms with Gasteiger partial charge in [0.15, 0.2) is 0 Å². The van der Waals surface area contributed by atoms with Crippen molar-refractivity contribution in [1.29, 1.82) is 0 Å². The van der Waals surface area contributed by atoms with Gasteiger partial charge < -0.3 is 9.47 Å². The number of carbonyl (C=O) groups excluding carboxylic acids is 1. The van der Waals surface area contributed by atoms with Crippen molar-refractivity contribution in [2.45, 2.75) is 63.4 Å². The average molecular weight is 290 g/mol. The predicted molar refractivity (Wildman–Crippen MR) is 70.9 cm³/mol. The molecule has 0 amide bonds. The van der Waals surface area contributed by atoms with Crippen LogP contribution in [0, 0.1) is 5.92 Å². The molecule has 5 heteroatoms. The second-order valence-electron chi connectivity index (χ2n) is 5.96. The van der Waals surface area contributed by atoms with Crippen LogP contribution in [0.5, 0.6) is 0 Å². The smallest absolute Gasteiger partial charge is 0.261 e. The van der Waals surface area contributed by atoms with Crippen molar-refractivity contribution < 1.29 is 23.0 Å². The molecule has 1 spiro atoms. The van der Waals surface area contributed by atoms with Gasteiger partial charge in [-0.25, -0.2) is 8.78 Å². The quantitative estimate of drug-likeness (QED) is 0.704. The van der Waals surface area contributed by atoms with Crippen LogP contribution in [-0.4, -0.2) is 37.6 Å². The summed E-state index contributed by atoms with van der Waals surface area (Å²) in [6.07, 6.45) is 5.07. The Kier molecular flexibility index (Phi) is 5.90. The molecule has 1 saturated heterocycles. The summed E-state index contributed by atoms with van der Waals surface area (Å²) in [6, 6.07) is 0. The zero-order valence-corrected chi connectivity index (χ0v) is 11.9. The summed E-state index contributed by atoms with van der Waals surface area (Å²) in [5, 5.41) is 0. The summed E-state index contributed by atoms with van der Waals surface area (Å²) in [4.78, 5) is 12.1. The Bertz CT molecular complexity index is 309. The topological polar surface area (TPSA) is 35.5 Å². The monoisotopic (exact) mass is 290 g/mol. The van der Waals surface area contributed by atoms with Gasteiger partial charge in [0.05, 0.1) is 12.2 Å². The molecule has 20 heavy (non-hydrogen) atoms. The predicted octanol–water partition coefficient (Wildman–Crippen LogP) is 3.36. The third-order valence-corrected chi connectivity index (χ3v) is 4.45. The number of hydrogen-bond acceptors (Lipinski definition) is 3.